The van der Waals surface area contributed by atoms with Crippen LogP contribution in [0.3, 0.4) is 0 Å². The summed E-state index contributed by atoms with van der Waals surface area (Å²) in [5, 5.41) is 0. The summed E-state index contributed by atoms with van der Waals surface area (Å²) in [5.74, 6) is -0.256. The van der Waals surface area contributed by atoms with Crippen LogP contribution in [0.2, 0.25) is 0 Å². The first kappa shape index (κ1) is 13.1. The number of imidazole rings is 1. The quantitative estimate of drug-likeness (QED) is 0.705. The summed E-state index contributed by atoms with van der Waals surface area (Å²) in [6, 6.07) is 13.2. The maximum absolute atomic E-state index is 13.2. The molecule has 102 valence electrons. The van der Waals surface area contributed by atoms with Crippen molar-refractivity contribution in [1.29, 1.82) is 0 Å². The van der Waals surface area contributed by atoms with E-state index in [2.05, 4.69) is 36.2 Å². The van der Waals surface area contributed by atoms with Crippen LogP contribution in [-0.4, -0.2) is 9.55 Å². The van der Waals surface area contributed by atoms with Crippen LogP contribution < -0.4 is 0 Å². The van der Waals surface area contributed by atoms with Crippen molar-refractivity contribution in [3.05, 3.63) is 64.2 Å². The van der Waals surface area contributed by atoms with E-state index in [1.54, 1.807) is 6.07 Å². The number of aromatic nitrogens is 2. The van der Waals surface area contributed by atoms with Gasteiger partial charge in [-0.15, -0.1) is 0 Å². The van der Waals surface area contributed by atoms with Crippen LogP contribution in [0.25, 0.3) is 11.0 Å². The molecule has 2 aromatic carbocycles. The van der Waals surface area contributed by atoms with Crippen LogP contribution in [0.1, 0.15) is 18.1 Å². The third-order valence-corrected chi connectivity index (χ3v) is 3.83. The number of aromatic amines is 1. The molecule has 0 atom stereocenters. The molecule has 4 heteroatoms. The molecule has 20 heavy (non-hydrogen) atoms. The Balaban J connectivity index is 2.01. The Morgan fingerprint density at radius 3 is 2.50 bits per heavy atom. The van der Waals surface area contributed by atoms with Gasteiger partial charge >= 0.3 is 0 Å². The van der Waals surface area contributed by atoms with Crippen molar-refractivity contribution in [2.45, 2.75) is 19.9 Å². The Kier molecular flexibility index (Phi) is 3.40. The number of nitrogens with zero attached hydrogens (tertiary/aromatic N) is 1. The second kappa shape index (κ2) is 5.21. The summed E-state index contributed by atoms with van der Waals surface area (Å²) in [4.78, 5) is 3.05. The van der Waals surface area contributed by atoms with Crippen LogP contribution >= 0.6 is 12.2 Å². The molecule has 3 aromatic rings. The SMILES string of the molecule is CCc1ccc(Cn2c(=S)[nH]c3cc(F)ccc32)cc1. The summed E-state index contributed by atoms with van der Waals surface area (Å²) in [5.41, 5.74) is 4.16. The second-order valence-corrected chi connectivity index (χ2v) is 5.23. The van der Waals surface area contributed by atoms with E-state index in [0.717, 1.165) is 17.5 Å². The van der Waals surface area contributed by atoms with Gasteiger partial charge in [-0.1, -0.05) is 31.2 Å². The van der Waals surface area contributed by atoms with Crippen LogP contribution in [0.4, 0.5) is 4.39 Å². The lowest BCUT2D eigenvalue weighted by molar-refractivity contribution is 0.629. The Hall–Kier alpha value is -1.94. The van der Waals surface area contributed by atoms with Crippen molar-refractivity contribution in [3.63, 3.8) is 0 Å². The number of benzene rings is 2. The highest BCUT2D eigenvalue weighted by Crippen LogP contribution is 2.17. The Morgan fingerprint density at radius 2 is 1.80 bits per heavy atom. The largest absolute Gasteiger partial charge is 0.330 e. The van der Waals surface area contributed by atoms with Gasteiger partial charge in [-0.25, -0.2) is 4.39 Å². The number of nitrogens with one attached hydrogen (secondary N) is 1. The molecule has 0 saturated carbocycles. The molecule has 0 aliphatic rings. The highest BCUT2D eigenvalue weighted by molar-refractivity contribution is 7.71. The molecule has 2 nitrogen and oxygen atoms in total. The van der Waals surface area contributed by atoms with Gasteiger partial charge in [0.1, 0.15) is 5.82 Å². The average Bonchev–Trinajstić information content (AvgIpc) is 2.75. The van der Waals surface area contributed by atoms with Gasteiger partial charge in [-0.05, 0) is 48.0 Å². The molecular weight excluding hydrogens is 271 g/mol. The molecule has 0 aliphatic heterocycles. The normalized spacial score (nSPS) is 11.1. The van der Waals surface area contributed by atoms with Crippen LogP contribution in [0.5, 0.6) is 0 Å². The smallest absolute Gasteiger partial charge is 0.178 e. The van der Waals surface area contributed by atoms with Gasteiger partial charge in [0.25, 0.3) is 0 Å². The molecule has 0 unspecified atom stereocenters. The standard InChI is InChI=1S/C16H15FN2S/c1-2-11-3-5-12(6-4-11)10-19-15-8-7-13(17)9-14(15)18-16(19)20/h3-9H,2,10H2,1H3,(H,18,20). The predicted molar refractivity (Wildman–Crippen MR) is 82.0 cm³/mol. The van der Waals surface area contributed by atoms with Crippen molar-refractivity contribution in [2.24, 2.45) is 0 Å². The van der Waals surface area contributed by atoms with E-state index >= 15 is 0 Å². The van der Waals surface area contributed by atoms with Gasteiger partial charge in [-0.3, -0.25) is 0 Å². The van der Waals surface area contributed by atoms with Crippen LogP contribution in [0.15, 0.2) is 42.5 Å². The fourth-order valence-corrected chi connectivity index (χ4v) is 2.63. The van der Waals surface area contributed by atoms with Crippen molar-refractivity contribution in [1.82, 2.24) is 9.55 Å². The molecule has 0 saturated heterocycles. The summed E-state index contributed by atoms with van der Waals surface area (Å²) < 4.78 is 15.8. The van der Waals surface area contributed by atoms with Gasteiger partial charge in [0.05, 0.1) is 17.6 Å². The van der Waals surface area contributed by atoms with E-state index in [-0.39, 0.29) is 5.82 Å². The lowest BCUT2D eigenvalue weighted by atomic mass is 10.1. The minimum Gasteiger partial charge on any atom is -0.330 e. The van der Waals surface area contributed by atoms with E-state index < -0.39 is 0 Å². The lowest BCUT2D eigenvalue weighted by Gasteiger charge is -2.06. The molecule has 1 heterocycles. The van der Waals surface area contributed by atoms with E-state index in [1.165, 1.54) is 23.3 Å². The van der Waals surface area contributed by atoms with Crippen molar-refractivity contribution >= 4 is 23.3 Å². The first-order valence-corrected chi connectivity index (χ1v) is 7.04. The third-order valence-electron chi connectivity index (χ3n) is 3.51. The molecule has 1 N–H and O–H groups in total. The molecule has 0 bridgehead atoms. The second-order valence-electron chi connectivity index (χ2n) is 4.85. The lowest BCUT2D eigenvalue weighted by Crippen LogP contribution is -1.99. The highest BCUT2D eigenvalue weighted by atomic mass is 32.1. The maximum atomic E-state index is 13.2. The number of rotatable bonds is 3. The van der Waals surface area contributed by atoms with Gasteiger partial charge in [0.2, 0.25) is 0 Å². The average molecular weight is 286 g/mol. The molecule has 3 rings (SSSR count). The summed E-state index contributed by atoms with van der Waals surface area (Å²) in [7, 11) is 0. The summed E-state index contributed by atoms with van der Waals surface area (Å²) in [6.07, 6.45) is 1.03. The molecule has 0 spiro atoms. The Bertz CT molecular complexity index is 799. The molecule has 0 fully saturated rings. The topological polar surface area (TPSA) is 20.7 Å². The van der Waals surface area contributed by atoms with Crippen molar-refractivity contribution in [3.8, 4) is 0 Å². The summed E-state index contributed by atoms with van der Waals surface area (Å²) in [6.45, 7) is 2.83. The third kappa shape index (κ3) is 2.39. The van der Waals surface area contributed by atoms with Crippen LogP contribution in [-0.2, 0) is 13.0 Å². The van der Waals surface area contributed by atoms with Gasteiger partial charge in [0, 0.05) is 0 Å². The fourth-order valence-electron chi connectivity index (χ4n) is 2.36. The zero-order valence-corrected chi connectivity index (χ0v) is 12.0. The number of H-pyrrole nitrogens is 1. The maximum Gasteiger partial charge on any atom is 0.178 e. The fraction of sp³-hybridized carbons (Fsp3) is 0.188. The van der Waals surface area contributed by atoms with E-state index in [9.17, 15) is 4.39 Å². The number of aryl methyl sites for hydroxylation is 1. The zero-order chi connectivity index (χ0) is 14.1. The summed E-state index contributed by atoms with van der Waals surface area (Å²) >= 11 is 5.33. The minimum atomic E-state index is -0.256. The first-order chi connectivity index (χ1) is 9.67. The number of halogens is 1. The molecule has 0 aliphatic carbocycles. The van der Waals surface area contributed by atoms with Crippen molar-refractivity contribution < 1.29 is 4.39 Å². The predicted octanol–water partition coefficient (Wildman–Crippen LogP) is 4.45. The molecular formula is C16H15FN2S. The Labute approximate surface area is 121 Å². The van der Waals surface area contributed by atoms with E-state index in [0.29, 0.717) is 11.3 Å². The van der Waals surface area contributed by atoms with E-state index in [4.69, 9.17) is 12.2 Å². The highest BCUT2D eigenvalue weighted by Gasteiger charge is 2.06. The zero-order valence-electron chi connectivity index (χ0n) is 11.2. The van der Waals surface area contributed by atoms with Crippen molar-refractivity contribution in [2.75, 3.05) is 0 Å². The number of hydrogen-bond acceptors (Lipinski definition) is 1. The number of hydrogen-bond donors (Lipinski definition) is 1. The Morgan fingerprint density at radius 1 is 1.10 bits per heavy atom. The molecule has 0 radical (unpaired) electrons. The number of fused-ring (bicyclic) bond motifs is 1. The minimum absolute atomic E-state index is 0.256. The van der Waals surface area contributed by atoms with E-state index in [1.807, 2.05) is 4.57 Å². The van der Waals surface area contributed by atoms with Crippen LogP contribution in [0, 0.1) is 10.6 Å². The monoisotopic (exact) mass is 286 g/mol. The van der Waals surface area contributed by atoms with Gasteiger partial charge in [-0.2, -0.15) is 0 Å². The van der Waals surface area contributed by atoms with Gasteiger partial charge in [0.15, 0.2) is 4.77 Å². The molecule has 0 amide bonds. The molecule has 1 aromatic heterocycles. The first-order valence-electron chi connectivity index (χ1n) is 6.63. The van der Waals surface area contributed by atoms with Gasteiger partial charge < -0.3 is 9.55 Å².